The number of rotatable bonds is 7. The summed E-state index contributed by atoms with van der Waals surface area (Å²) < 4.78 is 1.93. The second-order valence-electron chi connectivity index (χ2n) is 7.97. The Morgan fingerprint density at radius 2 is 1.70 bits per heavy atom. The van der Waals surface area contributed by atoms with Crippen molar-refractivity contribution in [3.05, 3.63) is 65.7 Å². The van der Waals surface area contributed by atoms with Crippen molar-refractivity contribution < 1.29 is 4.79 Å². The normalized spacial score (nSPS) is 11.4. The third kappa shape index (κ3) is 3.99. The van der Waals surface area contributed by atoms with Gasteiger partial charge in [0.05, 0.1) is 11.0 Å². The number of benzene rings is 2. The summed E-state index contributed by atoms with van der Waals surface area (Å²) in [5, 5.41) is 3.01. The van der Waals surface area contributed by atoms with Crippen molar-refractivity contribution in [3.63, 3.8) is 0 Å². The Labute approximate surface area is 176 Å². The van der Waals surface area contributed by atoms with E-state index < -0.39 is 0 Å². The smallest absolute Gasteiger partial charge is 0.257 e. The number of carbonyl (C=O) groups is 1. The average Bonchev–Trinajstić information content (AvgIpc) is 3.01. The van der Waals surface area contributed by atoms with Gasteiger partial charge in [-0.25, -0.2) is 9.97 Å². The third-order valence-electron chi connectivity index (χ3n) is 5.29. The lowest BCUT2D eigenvalue weighted by atomic mass is 10.1. The number of aryl methyl sites for hydroxylation is 1. The lowest BCUT2D eigenvalue weighted by Gasteiger charge is -2.10. The molecular weight excluding hydrogens is 374 g/mol. The predicted molar refractivity (Wildman–Crippen MR) is 121 cm³/mol. The Kier molecular flexibility index (Phi) is 5.65. The molecule has 0 saturated heterocycles. The van der Waals surface area contributed by atoms with Crippen LogP contribution in [0.25, 0.3) is 22.2 Å². The summed E-state index contributed by atoms with van der Waals surface area (Å²) in [5.41, 5.74) is 10.8. The number of amides is 1. The number of hydrogen-bond donors (Lipinski definition) is 2. The van der Waals surface area contributed by atoms with Crippen LogP contribution < -0.4 is 11.1 Å². The summed E-state index contributed by atoms with van der Waals surface area (Å²) in [7, 11) is 0. The second-order valence-corrected chi connectivity index (χ2v) is 7.97. The number of nitrogen functional groups attached to an aromatic ring is 1. The van der Waals surface area contributed by atoms with Gasteiger partial charge in [0, 0.05) is 13.1 Å². The van der Waals surface area contributed by atoms with Gasteiger partial charge in [0.1, 0.15) is 16.9 Å². The van der Waals surface area contributed by atoms with Gasteiger partial charge in [-0.15, -0.1) is 0 Å². The number of nitrogens with two attached hydrogens (primary N) is 1. The molecular formula is C24H27N5O. The van der Waals surface area contributed by atoms with Crippen LogP contribution in [0.4, 0.5) is 5.82 Å². The van der Waals surface area contributed by atoms with Gasteiger partial charge in [0.25, 0.3) is 5.91 Å². The van der Waals surface area contributed by atoms with Crippen LogP contribution in [0.2, 0.25) is 0 Å². The van der Waals surface area contributed by atoms with Crippen molar-refractivity contribution >= 4 is 33.9 Å². The number of nitrogens with one attached hydrogen (secondary N) is 1. The van der Waals surface area contributed by atoms with Crippen molar-refractivity contribution in [2.24, 2.45) is 5.92 Å². The fourth-order valence-electron chi connectivity index (χ4n) is 3.61. The van der Waals surface area contributed by atoms with Crippen LogP contribution in [-0.2, 0) is 13.0 Å². The molecule has 0 aliphatic heterocycles. The van der Waals surface area contributed by atoms with Gasteiger partial charge >= 0.3 is 0 Å². The summed E-state index contributed by atoms with van der Waals surface area (Å²) in [6.07, 6.45) is 1.70. The molecule has 2 aromatic heterocycles. The summed E-state index contributed by atoms with van der Waals surface area (Å²) in [6, 6.07) is 17.8. The molecule has 3 N–H and O–H groups in total. The van der Waals surface area contributed by atoms with Crippen molar-refractivity contribution in [1.82, 2.24) is 19.9 Å². The van der Waals surface area contributed by atoms with E-state index in [1.54, 1.807) is 0 Å². The molecule has 0 aliphatic carbocycles. The molecule has 0 saturated carbocycles. The topological polar surface area (TPSA) is 85.8 Å². The Morgan fingerprint density at radius 3 is 2.40 bits per heavy atom. The zero-order chi connectivity index (χ0) is 21.1. The molecule has 0 unspecified atom stereocenters. The number of nitrogens with zero attached hydrogens (tertiary/aromatic N) is 3. The quantitative estimate of drug-likeness (QED) is 0.486. The number of aromatic nitrogens is 3. The van der Waals surface area contributed by atoms with Crippen LogP contribution in [0.3, 0.4) is 0 Å². The van der Waals surface area contributed by atoms with Crippen LogP contribution in [0.15, 0.2) is 54.6 Å². The van der Waals surface area contributed by atoms with E-state index in [1.807, 2.05) is 47.0 Å². The maximum Gasteiger partial charge on any atom is 0.257 e. The van der Waals surface area contributed by atoms with E-state index in [0.717, 1.165) is 23.9 Å². The monoisotopic (exact) mass is 401 g/mol. The summed E-state index contributed by atoms with van der Waals surface area (Å²) in [4.78, 5) is 22.6. The van der Waals surface area contributed by atoms with Crippen LogP contribution in [0, 0.1) is 5.92 Å². The van der Waals surface area contributed by atoms with Crippen LogP contribution in [0.1, 0.15) is 36.2 Å². The molecule has 6 heteroatoms. The van der Waals surface area contributed by atoms with E-state index in [4.69, 9.17) is 15.7 Å². The van der Waals surface area contributed by atoms with E-state index in [0.29, 0.717) is 41.6 Å². The molecule has 1 amide bonds. The number of hydrogen-bond acceptors (Lipinski definition) is 4. The van der Waals surface area contributed by atoms with Crippen LogP contribution in [0.5, 0.6) is 0 Å². The van der Waals surface area contributed by atoms with E-state index >= 15 is 0 Å². The van der Waals surface area contributed by atoms with Crippen molar-refractivity contribution in [2.75, 3.05) is 12.3 Å². The number of para-hydroxylation sites is 2. The minimum atomic E-state index is -0.207. The van der Waals surface area contributed by atoms with E-state index in [1.165, 1.54) is 5.56 Å². The average molecular weight is 402 g/mol. The highest BCUT2D eigenvalue weighted by molar-refractivity contribution is 6.10. The molecule has 4 aromatic rings. The molecule has 154 valence electrons. The standard InChI is InChI=1S/C24H27N5O/c1-16(2)13-15-29-22(25)20(24(30)26-14-12-17-8-4-3-5-9-17)21-23(29)28-19-11-7-6-10-18(19)27-21/h3-11,16H,12-15,25H2,1-2H3,(H,26,30). The van der Waals surface area contributed by atoms with Crippen LogP contribution in [-0.4, -0.2) is 27.0 Å². The molecule has 4 rings (SSSR count). The minimum Gasteiger partial charge on any atom is -0.384 e. The fraction of sp³-hybridized carbons (Fsp3) is 0.292. The van der Waals surface area contributed by atoms with Crippen molar-refractivity contribution in [3.8, 4) is 0 Å². The second kappa shape index (κ2) is 8.53. The molecule has 30 heavy (non-hydrogen) atoms. The van der Waals surface area contributed by atoms with Crippen LogP contribution >= 0.6 is 0 Å². The van der Waals surface area contributed by atoms with Gasteiger partial charge in [-0.3, -0.25) is 4.79 Å². The lowest BCUT2D eigenvalue weighted by molar-refractivity contribution is 0.0956. The largest absolute Gasteiger partial charge is 0.384 e. The lowest BCUT2D eigenvalue weighted by Crippen LogP contribution is -2.26. The van der Waals surface area contributed by atoms with E-state index in [9.17, 15) is 4.79 Å². The summed E-state index contributed by atoms with van der Waals surface area (Å²) in [6.45, 7) is 5.56. The highest BCUT2D eigenvalue weighted by atomic mass is 16.1. The zero-order valence-corrected chi connectivity index (χ0v) is 17.4. The minimum absolute atomic E-state index is 0.207. The summed E-state index contributed by atoms with van der Waals surface area (Å²) >= 11 is 0. The zero-order valence-electron chi connectivity index (χ0n) is 17.4. The molecule has 0 atom stereocenters. The van der Waals surface area contributed by atoms with Gasteiger partial charge in [-0.05, 0) is 36.5 Å². The Morgan fingerprint density at radius 1 is 1.03 bits per heavy atom. The molecule has 0 fully saturated rings. The fourth-order valence-corrected chi connectivity index (χ4v) is 3.61. The molecule has 2 aromatic carbocycles. The number of carbonyl (C=O) groups excluding carboxylic acids is 1. The molecule has 6 nitrogen and oxygen atoms in total. The van der Waals surface area contributed by atoms with Gasteiger partial charge in [-0.2, -0.15) is 0 Å². The van der Waals surface area contributed by atoms with Gasteiger partial charge in [0.15, 0.2) is 5.65 Å². The molecule has 0 bridgehead atoms. The molecule has 2 heterocycles. The predicted octanol–water partition coefficient (Wildman–Crippen LogP) is 4.19. The molecule has 0 radical (unpaired) electrons. The maximum atomic E-state index is 13.1. The maximum absolute atomic E-state index is 13.1. The first kappa shape index (κ1) is 19.9. The molecule has 0 aliphatic rings. The Bertz CT molecular complexity index is 1180. The molecule has 0 spiro atoms. The van der Waals surface area contributed by atoms with Gasteiger partial charge in [-0.1, -0.05) is 56.3 Å². The first-order valence-electron chi connectivity index (χ1n) is 10.4. The van der Waals surface area contributed by atoms with Gasteiger partial charge in [0.2, 0.25) is 0 Å². The summed E-state index contributed by atoms with van der Waals surface area (Å²) in [5.74, 6) is 0.734. The van der Waals surface area contributed by atoms with E-state index in [-0.39, 0.29) is 5.91 Å². The van der Waals surface area contributed by atoms with E-state index in [2.05, 4.69) is 31.3 Å². The Balaban J connectivity index is 1.69. The third-order valence-corrected chi connectivity index (χ3v) is 5.29. The van der Waals surface area contributed by atoms with Gasteiger partial charge < -0.3 is 15.6 Å². The Hall–Kier alpha value is -3.41. The highest BCUT2D eigenvalue weighted by Crippen LogP contribution is 2.28. The van der Waals surface area contributed by atoms with Crippen molar-refractivity contribution in [2.45, 2.75) is 33.2 Å². The highest BCUT2D eigenvalue weighted by Gasteiger charge is 2.23. The SMILES string of the molecule is CC(C)CCn1c(N)c(C(=O)NCCc2ccccc2)c2nc3ccccc3nc21. The van der Waals surface area contributed by atoms with Crippen molar-refractivity contribution in [1.29, 1.82) is 0 Å². The first-order chi connectivity index (χ1) is 14.5. The number of anilines is 1. The first-order valence-corrected chi connectivity index (χ1v) is 10.4. The number of fused-ring (bicyclic) bond motifs is 2.